The fourth-order valence-corrected chi connectivity index (χ4v) is 3.24. The van der Waals surface area contributed by atoms with E-state index in [-0.39, 0.29) is 17.3 Å². The van der Waals surface area contributed by atoms with Gasteiger partial charge in [0.05, 0.1) is 11.4 Å². The standard InChI is InChI=1S/C23H32N8O2/c1-9-30(10-2)16-11-12-18(19(13-16)25-15(3)32)26-27-21-17(14-24)20(23(4,5)6)28-31(21)22(33)29(7)8/h11-13H,9-10H2,1-8H3,(H,25,32). The Labute approximate surface area is 194 Å². The molecule has 0 aliphatic heterocycles. The minimum absolute atomic E-state index is 0.0442. The number of nitrogens with zero attached hydrogens (tertiary/aromatic N) is 7. The van der Waals surface area contributed by atoms with Gasteiger partial charge in [0, 0.05) is 45.2 Å². The molecular formula is C23H32N8O2. The van der Waals surface area contributed by atoms with Gasteiger partial charge in [-0.1, -0.05) is 20.8 Å². The van der Waals surface area contributed by atoms with E-state index in [1.54, 1.807) is 20.2 Å². The Balaban J connectivity index is 2.66. The predicted octanol–water partition coefficient (Wildman–Crippen LogP) is 4.80. The molecule has 0 atom stereocenters. The highest BCUT2D eigenvalue weighted by atomic mass is 16.2. The molecule has 176 valence electrons. The molecule has 0 aliphatic carbocycles. The van der Waals surface area contributed by atoms with Gasteiger partial charge in [-0.15, -0.1) is 10.2 Å². The Morgan fingerprint density at radius 1 is 1.18 bits per heavy atom. The summed E-state index contributed by atoms with van der Waals surface area (Å²) in [6.45, 7) is 12.8. The van der Waals surface area contributed by atoms with E-state index in [1.807, 2.05) is 46.8 Å². The number of nitrogens with one attached hydrogen (secondary N) is 1. The Kier molecular flexibility index (Phi) is 7.93. The first-order valence-electron chi connectivity index (χ1n) is 10.8. The monoisotopic (exact) mass is 452 g/mol. The maximum atomic E-state index is 12.7. The van der Waals surface area contributed by atoms with Gasteiger partial charge in [-0.25, -0.2) is 4.79 Å². The fraction of sp³-hybridized carbons (Fsp3) is 0.478. The van der Waals surface area contributed by atoms with Gasteiger partial charge in [-0.05, 0) is 32.0 Å². The van der Waals surface area contributed by atoms with Gasteiger partial charge in [0.25, 0.3) is 0 Å². The molecule has 0 spiro atoms. The third kappa shape index (κ3) is 5.74. The average Bonchev–Trinajstić information content (AvgIpc) is 3.11. The Morgan fingerprint density at radius 3 is 2.30 bits per heavy atom. The van der Waals surface area contributed by atoms with Crippen LogP contribution in [-0.4, -0.2) is 53.8 Å². The number of benzene rings is 1. The molecular weight excluding hydrogens is 420 g/mol. The first-order valence-corrected chi connectivity index (χ1v) is 10.8. The summed E-state index contributed by atoms with van der Waals surface area (Å²) in [5.74, 6) is -0.202. The highest BCUT2D eigenvalue weighted by Crippen LogP contribution is 2.35. The molecule has 1 aromatic heterocycles. The van der Waals surface area contributed by atoms with E-state index in [4.69, 9.17) is 0 Å². The zero-order valence-corrected chi connectivity index (χ0v) is 20.6. The van der Waals surface area contributed by atoms with Crippen molar-refractivity contribution >= 4 is 34.8 Å². The van der Waals surface area contributed by atoms with Crippen LogP contribution in [0.3, 0.4) is 0 Å². The van der Waals surface area contributed by atoms with Gasteiger partial charge in [0.1, 0.15) is 17.3 Å². The number of azo groups is 1. The molecule has 2 amide bonds. The molecule has 10 nitrogen and oxygen atoms in total. The summed E-state index contributed by atoms with van der Waals surface area (Å²) in [6, 6.07) is 7.14. The second kappa shape index (κ2) is 10.3. The lowest BCUT2D eigenvalue weighted by Crippen LogP contribution is -2.28. The largest absolute Gasteiger partial charge is 0.372 e. The summed E-state index contributed by atoms with van der Waals surface area (Å²) >= 11 is 0. The maximum Gasteiger partial charge on any atom is 0.346 e. The SMILES string of the molecule is CCN(CC)c1ccc(N=Nc2c(C#N)c(C(C)(C)C)nn2C(=O)N(C)C)c(NC(C)=O)c1. The quantitative estimate of drug-likeness (QED) is 0.631. The lowest BCUT2D eigenvalue weighted by atomic mass is 9.90. The Bertz CT molecular complexity index is 1100. The van der Waals surface area contributed by atoms with Crippen LogP contribution in [-0.2, 0) is 10.2 Å². The molecule has 0 radical (unpaired) electrons. The molecule has 1 aromatic carbocycles. The van der Waals surface area contributed by atoms with Gasteiger partial charge in [-0.2, -0.15) is 15.0 Å². The highest BCUT2D eigenvalue weighted by molar-refractivity contribution is 5.93. The van der Waals surface area contributed by atoms with E-state index < -0.39 is 11.4 Å². The molecule has 0 bridgehead atoms. The minimum Gasteiger partial charge on any atom is -0.372 e. The smallest absolute Gasteiger partial charge is 0.346 e. The molecule has 1 heterocycles. The molecule has 2 rings (SSSR count). The minimum atomic E-state index is -0.486. The second-order valence-electron chi connectivity index (χ2n) is 8.75. The van der Waals surface area contributed by atoms with Gasteiger partial charge in [0.15, 0.2) is 0 Å². The van der Waals surface area contributed by atoms with Crippen molar-refractivity contribution in [3.05, 3.63) is 29.5 Å². The molecule has 1 N–H and O–H groups in total. The molecule has 2 aromatic rings. The van der Waals surface area contributed by atoms with Crippen molar-refractivity contribution in [1.29, 1.82) is 5.26 Å². The summed E-state index contributed by atoms with van der Waals surface area (Å²) < 4.78 is 1.09. The van der Waals surface area contributed by atoms with Crippen molar-refractivity contribution in [2.75, 3.05) is 37.4 Å². The number of rotatable bonds is 6. The molecule has 10 heteroatoms. The van der Waals surface area contributed by atoms with E-state index in [0.29, 0.717) is 17.1 Å². The van der Waals surface area contributed by atoms with Crippen LogP contribution in [0.5, 0.6) is 0 Å². The van der Waals surface area contributed by atoms with Crippen molar-refractivity contribution in [3.63, 3.8) is 0 Å². The summed E-state index contributed by atoms with van der Waals surface area (Å²) in [5, 5.41) is 25.6. The number of anilines is 2. The van der Waals surface area contributed by atoms with Gasteiger partial charge in [0.2, 0.25) is 11.7 Å². The summed E-state index contributed by atoms with van der Waals surface area (Å²) in [4.78, 5) is 28.0. The second-order valence-corrected chi connectivity index (χ2v) is 8.75. The molecule has 0 unspecified atom stereocenters. The third-order valence-electron chi connectivity index (χ3n) is 4.92. The van der Waals surface area contributed by atoms with Crippen molar-refractivity contribution < 1.29 is 9.59 Å². The van der Waals surface area contributed by atoms with E-state index >= 15 is 0 Å². The first kappa shape index (κ1) is 25.5. The van der Waals surface area contributed by atoms with Crippen LogP contribution < -0.4 is 10.2 Å². The average molecular weight is 453 g/mol. The van der Waals surface area contributed by atoms with Gasteiger partial charge < -0.3 is 15.1 Å². The van der Waals surface area contributed by atoms with E-state index in [2.05, 4.69) is 31.6 Å². The van der Waals surface area contributed by atoms with E-state index in [1.165, 1.54) is 11.8 Å². The number of hydrogen-bond donors (Lipinski definition) is 1. The summed E-state index contributed by atoms with van der Waals surface area (Å²) in [6.07, 6.45) is 0. The lowest BCUT2D eigenvalue weighted by Gasteiger charge is -2.22. The first-order chi connectivity index (χ1) is 15.4. The summed E-state index contributed by atoms with van der Waals surface area (Å²) in [5.41, 5.74) is 1.96. The van der Waals surface area contributed by atoms with Crippen LogP contribution in [0.15, 0.2) is 28.4 Å². The van der Waals surface area contributed by atoms with Crippen LogP contribution in [0.1, 0.15) is 52.8 Å². The third-order valence-corrected chi connectivity index (χ3v) is 4.92. The number of nitriles is 1. The number of carbonyl (C=O) groups is 2. The molecule has 0 saturated heterocycles. The van der Waals surface area contributed by atoms with Gasteiger partial charge >= 0.3 is 6.03 Å². The zero-order chi connectivity index (χ0) is 24.9. The highest BCUT2D eigenvalue weighted by Gasteiger charge is 2.30. The van der Waals surface area contributed by atoms with Crippen LogP contribution in [0.4, 0.5) is 27.7 Å². The topological polar surface area (TPSA) is 119 Å². The number of amides is 2. The van der Waals surface area contributed by atoms with Crippen molar-refractivity contribution in [1.82, 2.24) is 14.7 Å². The number of carbonyl (C=O) groups excluding carboxylic acids is 2. The number of hydrogen-bond acceptors (Lipinski definition) is 7. The normalized spacial score (nSPS) is 11.4. The fourth-order valence-electron chi connectivity index (χ4n) is 3.24. The van der Waals surface area contributed by atoms with Crippen LogP contribution >= 0.6 is 0 Å². The molecule has 33 heavy (non-hydrogen) atoms. The molecule has 0 saturated carbocycles. The van der Waals surface area contributed by atoms with Crippen LogP contribution in [0.25, 0.3) is 0 Å². The van der Waals surface area contributed by atoms with Crippen LogP contribution in [0.2, 0.25) is 0 Å². The Morgan fingerprint density at radius 2 is 1.82 bits per heavy atom. The van der Waals surface area contributed by atoms with E-state index in [0.717, 1.165) is 23.5 Å². The van der Waals surface area contributed by atoms with Crippen molar-refractivity contribution in [3.8, 4) is 6.07 Å². The molecule has 0 aliphatic rings. The van der Waals surface area contributed by atoms with E-state index in [9.17, 15) is 14.9 Å². The zero-order valence-electron chi connectivity index (χ0n) is 20.6. The Hall–Kier alpha value is -3.74. The molecule has 0 fully saturated rings. The summed E-state index contributed by atoms with van der Waals surface area (Å²) in [7, 11) is 3.18. The predicted molar refractivity (Wildman–Crippen MR) is 129 cm³/mol. The van der Waals surface area contributed by atoms with Crippen molar-refractivity contribution in [2.24, 2.45) is 10.2 Å². The lowest BCUT2D eigenvalue weighted by molar-refractivity contribution is -0.114. The van der Waals surface area contributed by atoms with Gasteiger partial charge in [-0.3, -0.25) is 4.79 Å². The van der Waals surface area contributed by atoms with Crippen molar-refractivity contribution in [2.45, 2.75) is 47.0 Å². The number of aromatic nitrogens is 2. The van der Waals surface area contributed by atoms with Crippen LogP contribution in [0, 0.1) is 11.3 Å². The maximum absolute atomic E-state index is 12.7.